The number of hydrogen-bond donors (Lipinski definition) is 1. The molecule has 0 aromatic rings. The molecule has 0 aromatic heterocycles. The third kappa shape index (κ3) is 3.47. The highest BCUT2D eigenvalue weighted by Gasteiger charge is 2.44. The van der Waals surface area contributed by atoms with E-state index < -0.39 is 8.80 Å². The van der Waals surface area contributed by atoms with Crippen LogP contribution in [-0.4, -0.2) is 14.0 Å². The Balaban J connectivity index is 2.33. The van der Waals surface area contributed by atoms with Crippen LogP contribution in [-0.2, 0) is 0 Å². The third-order valence-corrected chi connectivity index (χ3v) is 9.62. The average Bonchev–Trinajstić information content (AvgIpc) is 2.70. The first-order chi connectivity index (χ1) is 9.87. The van der Waals surface area contributed by atoms with Gasteiger partial charge in [0, 0.05) is 10.9 Å². The van der Waals surface area contributed by atoms with Crippen molar-refractivity contribution in [3.8, 4) is 0 Å². The second-order valence-corrected chi connectivity index (χ2v) is 12.0. The first-order valence-electron chi connectivity index (χ1n) is 8.89. The lowest BCUT2D eigenvalue weighted by atomic mass is 9.93. The highest BCUT2D eigenvalue weighted by molar-refractivity contribution is 6.65. The molecule has 2 rings (SSSR count). The van der Waals surface area contributed by atoms with Gasteiger partial charge in [-0.05, 0) is 44.3 Å². The van der Waals surface area contributed by atoms with Crippen molar-refractivity contribution in [2.75, 3.05) is 0 Å². The lowest BCUT2D eigenvalue weighted by molar-refractivity contribution is 0.335. The van der Waals surface area contributed by atoms with Gasteiger partial charge >= 0.3 is 0 Å². The molecule has 1 nitrogen and oxygen atoms in total. The monoisotopic (exact) mass is 304 g/mol. The summed E-state index contributed by atoms with van der Waals surface area (Å²) in [5.41, 5.74) is 6.19. The highest BCUT2D eigenvalue weighted by atomic mass is 28.3. The van der Waals surface area contributed by atoms with Crippen LogP contribution in [0.1, 0.15) is 80.1 Å². The molecule has 0 bridgehead atoms. The zero-order valence-electron chi connectivity index (χ0n) is 15.0. The number of nitrogens with one attached hydrogen (secondary N) is 1. The maximum atomic E-state index is 4.15. The van der Waals surface area contributed by atoms with Crippen molar-refractivity contribution in [1.29, 1.82) is 0 Å². The molecule has 1 radical (unpaired) electrons. The van der Waals surface area contributed by atoms with Crippen LogP contribution >= 0.6 is 0 Å². The Labute approximate surface area is 133 Å². The van der Waals surface area contributed by atoms with Crippen LogP contribution in [0, 0.1) is 0 Å². The van der Waals surface area contributed by atoms with E-state index in [9.17, 15) is 0 Å². The molecule has 0 heterocycles. The van der Waals surface area contributed by atoms with E-state index >= 15 is 0 Å². The van der Waals surface area contributed by atoms with Crippen molar-refractivity contribution in [2.45, 2.75) is 96.3 Å². The minimum atomic E-state index is -0.444. The van der Waals surface area contributed by atoms with Crippen LogP contribution in [0.2, 0.25) is 11.1 Å². The molecule has 2 heteroatoms. The zero-order valence-corrected chi connectivity index (χ0v) is 16.0. The summed E-state index contributed by atoms with van der Waals surface area (Å²) in [6.45, 7) is 14.4. The van der Waals surface area contributed by atoms with E-state index in [4.69, 9.17) is 0 Å². The predicted octanol–water partition coefficient (Wildman–Crippen LogP) is 5.76. The fourth-order valence-electron chi connectivity index (χ4n) is 4.70. The van der Waals surface area contributed by atoms with Crippen LogP contribution in [0.15, 0.2) is 22.9 Å². The first kappa shape index (κ1) is 16.9. The van der Waals surface area contributed by atoms with Gasteiger partial charge in [0.15, 0.2) is 0 Å². The molecule has 1 saturated carbocycles. The summed E-state index contributed by atoms with van der Waals surface area (Å²) in [5, 5.41) is 4.57. The van der Waals surface area contributed by atoms with Crippen LogP contribution in [0.4, 0.5) is 0 Å². The molecule has 2 aliphatic rings. The van der Waals surface area contributed by atoms with Gasteiger partial charge < -0.3 is 5.32 Å². The van der Waals surface area contributed by atoms with Crippen molar-refractivity contribution in [3.05, 3.63) is 22.9 Å². The maximum Gasteiger partial charge on any atom is 0.0855 e. The summed E-state index contributed by atoms with van der Waals surface area (Å²) in [4.78, 5) is 0. The lowest BCUT2D eigenvalue weighted by Gasteiger charge is -2.48. The number of hydrogen-bond acceptors (Lipinski definition) is 1. The van der Waals surface area contributed by atoms with Gasteiger partial charge in [-0.1, -0.05) is 64.1 Å². The Kier molecular flexibility index (Phi) is 5.40. The average molecular weight is 305 g/mol. The van der Waals surface area contributed by atoms with E-state index in [2.05, 4.69) is 52.9 Å². The standard InChI is InChI=1S/C19H34NSi/c1-14(2)21(15(3)4)19(12-8-7-9-13-19)20-18-16(5)10-11-17(18)6/h10,14-15,20H,7-9,11-13H2,1-6H3. The second-order valence-electron chi connectivity index (χ2n) is 7.78. The first-order valence-corrected chi connectivity index (χ1v) is 10.5. The Morgan fingerprint density at radius 2 is 1.57 bits per heavy atom. The van der Waals surface area contributed by atoms with Gasteiger partial charge in [-0.2, -0.15) is 0 Å². The highest BCUT2D eigenvalue weighted by Crippen LogP contribution is 2.41. The van der Waals surface area contributed by atoms with Gasteiger partial charge in [0.2, 0.25) is 0 Å². The van der Waals surface area contributed by atoms with Crippen LogP contribution < -0.4 is 5.32 Å². The van der Waals surface area contributed by atoms with Gasteiger partial charge in [0.05, 0.1) is 8.80 Å². The lowest BCUT2D eigenvalue weighted by Crippen LogP contribution is -2.60. The minimum Gasteiger partial charge on any atom is -0.382 e. The minimum absolute atomic E-state index is 0.418. The van der Waals surface area contributed by atoms with Gasteiger partial charge in [-0.15, -0.1) is 0 Å². The van der Waals surface area contributed by atoms with Crippen LogP contribution in [0.5, 0.6) is 0 Å². The van der Waals surface area contributed by atoms with E-state index in [0.29, 0.717) is 5.16 Å². The summed E-state index contributed by atoms with van der Waals surface area (Å²) < 4.78 is 0. The molecule has 1 fully saturated rings. The normalized spacial score (nSPS) is 22.4. The zero-order chi connectivity index (χ0) is 15.6. The molecule has 0 aromatic carbocycles. The molecule has 0 saturated heterocycles. The van der Waals surface area contributed by atoms with Crippen molar-refractivity contribution < 1.29 is 0 Å². The van der Waals surface area contributed by atoms with Crippen molar-refractivity contribution in [2.24, 2.45) is 0 Å². The molecule has 0 aliphatic heterocycles. The largest absolute Gasteiger partial charge is 0.382 e. The molecule has 0 spiro atoms. The summed E-state index contributed by atoms with van der Waals surface area (Å²) >= 11 is 0. The Morgan fingerprint density at radius 3 is 2.00 bits per heavy atom. The van der Waals surface area contributed by atoms with E-state index in [-0.39, 0.29) is 0 Å². The molecule has 0 unspecified atom stereocenters. The number of rotatable bonds is 5. The summed E-state index contributed by atoms with van der Waals surface area (Å²) in [6, 6.07) is 0. The van der Waals surface area contributed by atoms with Crippen molar-refractivity contribution in [3.63, 3.8) is 0 Å². The molecule has 0 amide bonds. The molecule has 21 heavy (non-hydrogen) atoms. The van der Waals surface area contributed by atoms with Crippen LogP contribution in [0.25, 0.3) is 0 Å². The fraction of sp³-hybridized carbons (Fsp3) is 0.789. The molecular weight excluding hydrogens is 270 g/mol. The van der Waals surface area contributed by atoms with Crippen molar-refractivity contribution in [1.82, 2.24) is 5.32 Å². The second kappa shape index (κ2) is 6.72. The van der Waals surface area contributed by atoms with E-state index in [0.717, 1.165) is 17.5 Å². The quantitative estimate of drug-likeness (QED) is 0.637. The topological polar surface area (TPSA) is 12.0 Å². The Hall–Kier alpha value is -0.503. The molecule has 2 aliphatic carbocycles. The van der Waals surface area contributed by atoms with E-state index in [1.165, 1.54) is 43.4 Å². The summed E-state index contributed by atoms with van der Waals surface area (Å²) in [7, 11) is -0.444. The smallest absolute Gasteiger partial charge is 0.0855 e. The molecular formula is C19H34NSi. The Morgan fingerprint density at radius 1 is 1.00 bits per heavy atom. The third-order valence-electron chi connectivity index (χ3n) is 5.40. The van der Waals surface area contributed by atoms with Crippen LogP contribution in [0.3, 0.4) is 0 Å². The molecule has 1 N–H and O–H groups in total. The van der Waals surface area contributed by atoms with Crippen molar-refractivity contribution >= 4 is 8.80 Å². The molecule has 119 valence electrons. The predicted molar refractivity (Wildman–Crippen MR) is 96.0 cm³/mol. The van der Waals surface area contributed by atoms with Gasteiger partial charge in [0.1, 0.15) is 0 Å². The van der Waals surface area contributed by atoms with E-state index in [1.807, 2.05) is 0 Å². The number of allylic oxidation sites excluding steroid dienone is 3. The van der Waals surface area contributed by atoms with E-state index in [1.54, 1.807) is 5.57 Å². The fourth-order valence-corrected chi connectivity index (χ4v) is 9.45. The SMILES string of the molecule is CC1=CCC(C)=C1NC1([Si](C(C)C)C(C)C)CCCCC1. The van der Waals surface area contributed by atoms with Gasteiger partial charge in [-0.3, -0.25) is 0 Å². The van der Waals surface area contributed by atoms with Gasteiger partial charge in [0.25, 0.3) is 0 Å². The molecule has 0 atom stereocenters. The maximum absolute atomic E-state index is 4.15. The summed E-state index contributed by atoms with van der Waals surface area (Å²) in [5.74, 6) is 0. The summed E-state index contributed by atoms with van der Waals surface area (Å²) in [6.07, 6.45) is 10.6. The van der Waals surface area contributed by atoms with Gasteiger partial charge in [-0.25, -0.2) is 0 Å². The Bertz CT molecular complexity index is 417.